The number of likely N-dealkylation sites (tertiary alicyclic amines) is 3. The number of halogens is 5. The first-order chi connectivity index (χ1) is 51.8. The molecule has 5 fully saturated rings. The van der Waals surface area contributed by atoms with Crippen LogP contribution in [-0.4, -0.2) is 184 Å². The van der Waals surface area contributed by atoms with E-state index in [4.69, 9.17) is 11.6 Å². The van der Waals surface area contributed by atoms with Crippen molar-refractivity contribution in [2.24, 2.45) is 22.7 Å². The van der Waals surface area contributed by atoms with E-state index in [1.165, 1.54) is 53.3 Å². The number of aryl methyl sites for hydroxylation is 1. The van der Waals surface area contributed by atoms with Gasteiger partial charge in [-0.15, -0.1) is 23.1 Å². The third-order valence-corrected chi connectivity index (χ3v) is 27.6. The first-order valence-electron chi connectivity index (χ1n) is 37.6. The number of alkyl halides is 3. The Hall–Kier alpha value is -7.44. The maximum absolute atomic E-state index is 15.2. The number of aliphatic hydroxyl groups is 1. The number of carbonyl (C=O) groups excluding carboxylic acids is 5. The van der Waals surface area contributed by atoms with Crippen molar-refractivity contribution in [1.29, 1.82) is 0 Å². The zero-order chi connectivity index (χ0) is 77.7. The average molecular weight is 1600 g/mol. The summed E-state index contributed by atoms with van der Waals surface area (Å²) < 4.78 is 116. The molecule has 586 valence electrons. The number of piperazine rings is 1. The molecule has 1 aromatic heterocycles. The third kappa shape index (κ3) is 19.9. The number of hydrogen-bond acceptors (Lipinski definition) is 17. The van der Waals surface area contributed by atoms with E-state index >= 15 is 4.39 Å². The van der Waals surface area contributed by atoms with Crippen LogP contribution in [0.5, 0.6) is 0 Å². The van der Waals surface area contributed by atoms with E-state index in [-0.39, 0.29) is 66.2 Å². The highest BCUT2D eigenvalue weighted by molar-refractivity contribution is 7.99. The van der Waals surface area contributed by atoms with E-state index in [0.29, 0.717) is 106 Å². The Balaban J connectivity index is 0.595. The summed E-state index contributed by atoms with van der Waals surface area (Å²) in [6.07, 6.45) is 7.65. The molecule has 6 aliphatic rings. The molecule has 29 heteroatoms. The number of aliphatic hydroxyl groups excluding tert-OH is 1. The summed E-state index contributed by atoms with van der Waals surface area (Å²) >= 11 is 9.07. The van der Waals surface area contributed by atoms with E-state index in [1.54, 1.807) is 41.1 Å². The van der Waals surface area contributed by atoms with Crippen LogP contribution < -0.4 is 25.6 Å². The van der Waals surface area contributed by atoms with E-state index in [9.17, 15) is 59.1 Å². The van der Waals surface area contributed by atoms with Crippen molar-refractivity contribution in [2.75, 3.05) is 88.0 Å². The number of anilines is 2. The minimum Gasteiger partial charge on any atom is -0.391 e. The predicted octanol–water partition coefficient (Wildman–Crippen LogP) is 12.9. The maximum atomic E-state index is 15.2. The maximum Gasteiger partial charge on any atom is 0.501 e. The number of rotatable bonds is 29. The summed E-state index contributed by atoms with van der Waals surface area (Å²) in [4.78, 5) is 82.9. The SMILES string of the molecule is Cc1ncsc1-c1ccc([C@H](C)NC(=O)[C@@H]2C[C@@H](O)CN2C(=O)[C@@H](NC(=O)CCCCCCC(=O)N2CC3CN(CC[C@H](CSc4ccccc4)Nc4ccc(S(=O)(=O)NC(=O)c5ccc(N6CCN(CC7=C(c8ccc(Cl)cc8F)CCC8(CC8)C7)CC6)cc5)cc4S(=O)(=O)C(F)(F)F)C[C@@H]3C2)C(C)(C)C)cc1. The van der Waals surface area contributed by atoms with Crippen LogP contribution in [0.1, 0.15) is 144 Å². The summed E-state index contributed by atoms with van der Waals surface area (Å²) in [6, 6.07) is 27.7. The lowest BCUT2D eigenvalue weighted by Crippen LogP contribution is -2.57. The molecule has 5 aromatic carbocycles. The summed E-state index contributed by atoms with van der Waals surface area (Å²) in [6.45, 7) is 15.6. The fraction of sp³-hybridized carbons (Fsp3) is 0.500. The number of nitrogens with zero attached hydrogens (tertiary/aromatic N) is 6. The monoisotopic (exact) mass is 1600 g/mol. The van der Waals surface area contributed by atoms with Gasteiger partial charge in [-0.1, -0.05) is 99.3 Å². The minimum atomic E-state index is -6.18. The minimum absolute atomic E-state index is 0.0383. The van der Waals surface area contributed by atoms with Crippen molar-refractivity contribution in [1.82, 2.24) is 39.9 Å². The molecular weight excluding hydrogens is 1500 g/mol. The molecule has 4 saturated heterocycles. The fourth-order valence-corrected chi connectivity index (χ4v) is 19.9. The highest BCUT2D eigenvalue weighted by Gasteiger charge is 2.50. The second kappa shape index (κ2) is 34.3. The Morgan fingerprint density at radius 1 is 0.789 bits per heavy atom. The fourth-order valence-electron chi connectivity index (χ4n) is 15.9. The average Bonchev–Trinajstić information content (AvgIpc) is 1.62. The lowest BCUT2D eigenvalue weighted by atomic mass is 9.78. The van der Waals surface area contributed by atoms with Crippen molar-refractivity contribution in [2.45, 2.75) is 169 Å². The Labute approximate surface area is 649 Å². The number of β-amino-alcohol motifs (C(OH)–C–C–N with tert-alkyl or cyclic N) is 1. The number of amides is 5. The Morgan fingerprint density at radius 3 is 2.12 bits per heavy atom. The molecule has 6 aromatic rings. The van der Waals surface area contributed by atoms with E-state index < -0.39 is 88.2 Å². The van der Waals surface area contributed by atoms with Crippen LogP contribution in [-0.2, 0) is 39.0 Å². The summed E-state index contributed by atoms with van der Waals surface area (Å²) in [5.74, 6) is -1.88. The molecule has 20 nitrogen and oxygen atoms in total. The molecule has 1 unspecified atom stereocenters. The van der Waals surface area contributed by atoms with Crippen molar-refractivity contribution in [3.05, 3.63) is 160 Å². The van der Waals surface area contributed by atoms with Gasteiger partial charge in [0.25, 0.3) is 25.8 Å². The van der Waals surface area contributed by atoms with Crippen LogP contribution >= 0.6 is 34.7 Å². The molecule has 0 radical (unpaired) electrons. The molecule has 1 spiro atoms. The van der Waals surface area contributed by atoms with Crippen LogP contribution in [0.3, 0.4) is 0 Å². The van der Waals surface area contributed by atoms with Crippen molar-refractivity contribution in [3.63, 3.8) is 0 Å². The lowest BCUT2D eigenvalue weighted by molar-refractivity contribution is -0.144. The molecule has 4 aliphatic heterocycles. The smallest absolute Gasteiger partial charge is 0.391 e. The van der Waals surface area contributed by atoms with Crippen LogP contribution in [0.15, 0.2) is 141 Å². The van der Waals surface area contributed by atoms with Crippen molar-refractivity contribution in [3.8, 4) is 10.4 Å². The molecule has 109 heavy (non-hydrogen) atoms. The topological polar surface area (TPSA) is 251 Å². The third-order valence-electron chi connectivity index (χ3n) is 22.4. The Kier molecular flexibility index (Phi) is 25.5. The van der Waals surface area contributed by atoms with Gasteiger partial charge in [-0.2, -0.15) is 13.2 Å². The first kappa shape index (κ1) is 81.1. The molecular formula is C80H97ClF4N10O10S4. The molecule has 7 atom stereocenters. The molecule has 5 amide bonds. The second-order valence-electron chi connectivity index (χ2n) is 31.4. The van der Waals surface area contributed by atoms with E-state index in [1.807, 2.05) is 98.8 Å². The first-order valence-corrected chi connectivity index (χ1v) is 42.8. The predicted molar refractivity (Wildman–Crippen MR) is 417 cm³/mol. The van der Waals surface area contributed by atoms with Gasteiger partial charge in [0.1, 0.15) is 22.8 Å². The number of sulfonamides is 1. The number of allylic oxidation sites excluding steroid dienone is 1. The van der Waals surface area contributed by atoms with Gasteiger partial charge < -0.3 is 40.7 Å². The quantitative estimate of drug-likeness (QED) is 0.0166. The number of thiazole rings is 1. The summed E-state index contributed by atoms with van der Waals surface area (Å²) in [5.41, 5.74) is 1.58. The largest absolute Gasteiger partial charge is 0.501 e. The van der Waals surface area contributed by atoms with Gasteiger partial charge in [-0.25, -0.2) is 30.9 Å². The highest BCUT2D eigenvalue weighted by Crippen LogP contribution is 2.59. The van der Waals surface area contributed by atoms with Gasteiger partial charge in [0.15, 0.2) is 0 Å². The molecule has 5 heterocycles. The van der Waals surface area contributed by atoms with Crippen LogP contribution in [0.2, 0.25) is 5.02 Å². The van der Waals surface area contributed by atoms with Gasteiger partial charge in [-0.3, -0.25) is 28.9 Å². The zero-order valence-corrected chi connectivity index (χ0v) is 66.1. The van der Waals surface area contributed by atoms with Crippen LogP contribution in [0.25, 0.3) is 16.0 Å². The number of unbranched alkanes of at least 4 members (excludes halogenated alkanes) is 3. The molecule has 2 aliphatic carbocycles. The molecule has 12 rings (SSSR count). The Morgan fingerprint density at radius 2 is 1.48 bits per heavy atom. The molecule has 1 saturated carbocycles. The Bertz CT molecular complexity index is 4540. The highest BCUT2D eigenvalue weighted by atomic mass is 35.5. The number of sulfone groups is 1. The van der Waals surface area contributed by atoms with Crippen LogP contribution in [0, 0.1) is 35.4 Å². The van der Waals surface area contributed by atoms with E-state index in [2.05, 4.69) is 35.6 Å². The van der Waals surface area contributed by atoms with E-state index in [0.717, 1.165) is 88.9 Å². The number of thioether (sulfide) groups is 1. The van der Waals surface area contributed by atoms with Gasteiger partial charge in [0, 0.05) is 130 Å². The molecule has 5 N–H and O–H groups in total. The van der Waals surface area contributed by atoms with Gasteiger partial charge in [0.05, 0.1) is 38.8 Å². The summed E-state index contributed by atoms with van der Waals surface area (Å²) in [5, 5.41) is 20.1. The number of fused-ring (bicyclic) bond motifs is 1. The summed E-state index contributed by atoms with van der Waals surface area (Å²) in [7, 11) is -11.1. The van der Waals surface area contributed by atoms with Gasteiger partial charge in [-0.05, 0) is 171 Å². The van der Waals surface area contributed by atoms with Crippen molar-refractivity contribution >= 4 is 101 Å². The number of benzene rings is 5. The zero-order valence-electron chi connectivity index (χ0n) is 62.1. The number of nitrogens with one attached hydrogen (secondary N) is 4. The van der Waals surface area contributed by atoms with Gasteiger partial charge >= 0.3 is 5.51 Å². The molecule has 0 bridgehead atoms. The second-order valence-corrected chi connectivity index (χ2v) is 37.3. The standard InChI is InChI=1S/C80H97ClF4N10O10S4/c1-51(53-17-19-54(20-18-53)73-52(2)86-50-107-73)87-76(100)69-40-62(96)48-95(69)77(101)74(78(3,4)5)89-71(97)15-11-6-7-12-16-72(98)94-46-57-44-92(45-58(57)47-94)34-30-60(49-106-63-13-9-8-10-14-63)88-68-28-26-64(41-70(68)108(102,103)80(83,84)85)109(104,105)90-75(99)55-21-24-61(25-22-55)93-37-35-91(36-38-93)43-56-42-79(32-33-79)31-29-65(56)66-27-23-59(81)39-67(66)82/h8-10,13-14,17-28,39,41,50-51,57-58,60,62,69,74,88,96H,6-7,11-12,15-16,29-38,40,42-49H2,1-5H3,(H,87,100)(H,89,97)(H,90,99)/t51-,57+,58?,60+,62+,69-,74+/m0/s1. The number of carbonyl (C=O) groups is 5. The normalized spacial score (nSPS) is 20.6. The van der Waals surface area contributed by atoms with Gasteiger partial charge in [0.2, 0.25) is 23.6 Å². The van der Waals surface area contributed by atoms with Crippen molar-refractivity contribution < 1.29 is 63.5 Å². The number of aromatic nitrogens is 1. The number of hydrogen-bond donors (Lipinski definition) is 5. The lowest BCUT2D eigenvalue weighted by Gasteiger charge is -2.38. The van der Waals surface area contributed by atoms with Crippen LogP contribution in [0.4, 0.5) is 28.9 Å².